The number of nitrogens with zero attached hydrogens (tertiary/aromatic N) is 2. The topological polar surface area (TPSA) is 90.1 Å². The van der Waals surface area contributed by atoms with Crippen LogP contribution in [0.5, 0.6) is 0 Å². The molecular formula is C18H20N4O2S. The predicted molar refractivity (Wildman–Crippen MR) is 102 cm³/mol. The molecule has 2 aromatic heterocycles. The largest absolute Gasteiger partial charge is 0.459 e. The third kappa shape index (κ3) is 3.56. The number of esters is 1. The molecule has 6 nitrogen and oxygen atoms in total. The van der Waals surface area contributed by atoms with Gasteiger partial charge < -0.3 is 15.8 Å². The zero-order chi connectivity index (χ0) is 18.1. The van der Waals surface area contributed by atoms with Crippen molar-refractivity contribution >= 4 is 44.7 Å². The Labute approximate surface area is 150 Å². The lowest BCUT2D eigenvalue weighted by atomic mass is 10.2. The molecule has 0 atom stereocenters. The molecule has 0 spiro atoms. The summed E-state index contributed by atoms with van der Waals surface area (Å²) < 4.78 is 5.34. The number of hydrogen-bond acceptors (Lipinski definition) is 7. The molecule has 3 N–H and O–H groups in total. The van der Waals surface area contributed by atoms with Crippen molar-refractivity contribution in [1.82, 2.24) is 9.97 Å². The van der Waals surface area contributed by atoms with Crippen LogP contribution in [0.4, 0.5) is 17.2 Å². The van der Waals surface area contributed by atoms with Crippen LogP contribution in [-0.4, -0.2) is 22.0 Å². The van der Waals surface area contributed by atoms with Gasteiger partial charge in [0.1, 0.15) is 21.3 Å². The second-order valence-electron chi connectivity index (χ2n) is 6.06. The Morgan fingerprint density at radius 3 is 2.52 bits per heavy atom. The molecule has 0 radical (unpaired) electrons. The van der Waals surface area contributed by atoms with Crippen LogP contribution < -0.4 is 11.1 Å². The molecule has 0 fully saturated rings. The first-order valence-electron chi connectivity index (χ1n) is 7.96. The number of anilines is 3. The van der Waals surface area contributed by atoms with Gasteiger partial charge in [-0.3, -0.25) is 0 Å². The number of benzene rings is 1. The van der Waals surface area contributed by atoms with Gasteiger partial charge in [0.15, 0.2) is 0 Å². The number of rotatable bonds is 4. The van der Waals surface area contributed by atoms with Gasteiger partial charge in [-0.15, -0.1) is 11.3 Å². The number of carbonyl (C=O) groups excluding carboxylic acids is 1. The summed E-state index contributed by atoms with van der Waals surface area (Å²) in [6, 6.07) is 7.40. The van der Waals surface area contributed by atoms with Crippen molar-refractivity contribution in [1.29, 1.82) is 0 Å². The van der Waals surface area contributed by atoms with Crippen molar-refractivity contribution < 1.29 is 9.53 Å². The van der Waals surface area contributed by atoms with Crippen LogP contribution in [0, 0.1) is 13.8 Å². The number of aromatic nitrogens is 2. The summed E-state index contributed by atoms with van der Waals surface area (Å²) in [6.45, 7) is 7.38. The van der Waals surface area contributed by atoms with Gasteiger partial charge >= 0.3 is 5.97 Å². The monoisotopic (exact) mass is 356 g/mol. The Hall–Kier alpha value is -2.67. The molecule has 0 unspecified atom stereocenters. The van der Waals surface area contributed by atoms with Gasteiger partial charge in [-0.05, 0) is 57.5 Å². The second kappa shape index (κ2) is 6.68. The Balaban J connectivity index is 2.07. The summed E-state index contributed by atoms with van der Waals surface area (Å²) in [4.78, 5) is 22.7. The van der Waals surface area contributed by atoms with Crippen molar-refractivity contribution in [2.75, 3.05) is 11.1 Å². The second-order valence-corrected chi connectivity index (χ2v) is 7.06. The summed E-state index contributed by atoms with van der Waals surface area (Å²) >= 11 is 1.33. The van der Waals surface area contributed by atoms with Crippen LogP contribution in [0.1, 0.15) is 34.9 Å². The van der Waals surface area contributed by atoms with Crippen LogP contribution in [0.15, 0.2) is 24.3 Å². The van der Waals surface area contributed by atoms with E-state index < -0.39 is 0 Å². The highest BCUT2D eigenvalue weighted by molar-refractivity contribution is 7.20. The standard InChI is InChI=1S/C18H20N4O2S/c1-9(2)24-18(23)15-10(3)14-16(20-11(4)21-17(14)25-15)22-13-7-5-12(19)6-8-13/h5-9H,19H2,1-4H3,(H,20,21,22). The molecule has 2 heterocycles. The van der Waals surface area contributed by atoms with E-state index in [1.807, 2.05) is 52.0 Å². The SMILES string of the molecule is Cc1nc(Nc2ccc(N)cc2)c2c(C)c(C(=O)OC(C)C)sc2n1. The number of nitrogens with one attached hydrogen (secondary N) is 1. The Bertz CT molecular complexity index is 932. The van der Waals surface area contributed by atoms with Crippen molar-refractivity contribution in [2.45, 2.75) is 33.8 Å². The van der Waals surface area contributed by atoms with Gasteiger partial charge in [-0.2, -0.15) is 0 Å². The lowest BCUT2D eigenvalue weighted by Gasteiger charge is -2.09. The lowest BCUT2D eigenvalue weighted by Crippen LogP contribution is -2.11. The van der Waals surface area contributed by atoms with Crippen LogP contribution in [0.25, 0.3) is 10.2 Å². The summed E-state index contributed by atoms with van der Waals surface area (Å²) in [6.07, 6.45) is -0.169. The third-order valence-electron chi connectivity index (χ3n) is 3.60. The number of fused-ring (bicyclic) bond motifs is 1. The average molecular weight is 356 g/mol. The predicted octanol–water partition coefficient (Wildman–Crippen LogP) is 4.20. The summed E-state index contributed by atoms with van der Waals surface area (Å²) in [7, 11) is 0. The fourth-order valence-corrected chi connectivity index (χ4v) is 3.61. The minimum Gasteiger partial charge on any atom is -0.459 e. The van der Waals surface area contributed by atoms with Gasteiger partial charge in [-0.25, -0.2) is 14.8 Å². The van der Waals surface area contributed by atoms with Crippen molar-refractivity contribution in [3.63, 3.8) is 0 Å². The van der Waals surface area contributed by atoms with E-state index in [1.165, 1.54) is 11.3 Å². The van der Waals surface area contributed by atoms with Gasteiger partial charge in [-0.1, -0.05) is 0 Å². The molecule has 0 aliphatic carbocycles. The zero-order valence-electron chi connectivity index (χ0n) is 14.6. The van der Waals surface area contributed by atoms with Crippen molar-refractivity contribution in [2.24, 2.45) is 0 Å². The summed E-state index contributed by atoms with van der Waals surface area (Å²) in [5, 5.41) is 4.13. The molecular weight excluding hydrogens is 336 g/mol. The van der Waals surface area contributed by atoms with Gasteiger partial charge in [0.05, 0.1) is 11.5 Å². The molecule has 0 aliphatic rings. The van der Waals surface area contributed by atoms with Crippen LogP contribution in [-0.2, 0) is 4.74 Å². The first-order chi connectivity index (χ1) is 11.8. The van der Waals surface area contributed by atoms with Gasteiger partial charge in [0.25, 0.3) is 0 Å². The number of ether oxygens (including phenoxy) is 1. The maximum atomic E-state index is 12.3. The first kappa shape index (κ1) is 17.2. The quantitative estimate of drug-likeness (QED) is 0.538. The molecule has 3 rings (SSSR count). The fraction of sp³-hybridized carbons (Fsp3) is 0.278. The smallest absolute Gasteiger partial charge is 0.348 e. The fourth-order valence-electron chi connectivity index (χ4n) is 2.50. The maximum Gasteiger partial charge on any atom is 0.348 e. The van der Waals surface area contributed by atoms with Gasteiger partial charge in [0, 0.05) is 11.4 Å². The van der Waals surface area contributed by atoms with Crippen molar-refractivity contribution in [3.05, 3.63) is 40.5 Å². The normalized spacial score (nSPS) is 11.1. The minimum absolute atomic E-state index is 0.169. The van der Waals surface area contributed by atoms with Gasteiger partial charge in [0.2, 0.25) is 0 Å². The van der Waals surface area contributed by atoms with E-state index in [0.29, 0.717) is 22.2 Å². The molecule has 0 aliphatic heterocycles. The van der Waals surface area contributed by atoms with Crippen LogP contribution in [0.2, 0.25) is 0 Å². The number of thiophene rings is 1. The Morgan fingerprint density at radius 2 is 1.88 bits per heavy atom. The maximum absolute atomic E-state index is 12.3. The summed E-state index contributed by atoms with van der Waals surface area (Å²) in [5.74, 6) is 0.978. The average Bonchev–Trinajstić information content (AvgIpc) is 2.86. The number of hydrogen-bond donors (Lipinski definition) is 2. The molecule has 1 aromatic carbocycles. The number of carbonyl (C=O) groups is 1. The number of nitrogens with two attached hydrogens (primary N) is 1. The minimum atomic E-state index is -0.327. The number of aryl methyl sites for hydroxylation is 2. The number of nitrogen functional groups attached to an aromatic ring is 1. The molecule has 0 saturated heterocycles. The first-order valence-corrected chi connectivity index (χ1v) is 8.78. The van der Waals surface area contributed by atoms with E-state index in [-0.39, 0.29) is 12.1 Å². The van der Waals surface area contributed by atoms with E-state index in [2.05, 4.69) is 15.3 Å². The molecule has 130 valence electrons. The molecule has 7 heteroatoms. The molecule has 3 aromatic rings. The Kier molecular flexibility index (Phi) is 4.59. The molecule has 0 bridgehead atoms. The van der Waals surface area contributed by atoms with E-state index in [0.717, 1.165) is 21.5 Å². The van der Waals surface area contributed by atoms with E-state index in [9.17, 15) is 4.79 Å². The highest BCUT2D eigenvalue weighted by atomic mass is 32.1. The summed E-state index contributed by atoms with van der Waals surface area (Å²) in [5.41, 5.74) is 8.12. The highest BCUT2D eigenvalue weighted by Crippen LogP contribution is 2.35. The zero-order valence-corrected chi connectivity index (χ0v) is 15.4. The van der Waals surface area contributed by atoms with E-state index in [1.54, 1.807) is 0 Å². The van der Waals surface area contributed by atoms with E-state index in [4.69, 9.17) is 10.5 Å². The molecule has 0 amide bonds. The third-order valence-corrected chi connectivity index (χ3v) is 4.77. The Morgan fingerprint density at radius 1 is 1.20 bits per heavy atom. The van der Waals surface area contributed by atoms with Crippen LogP contribution in [0.3, 0.4) is 0 Å². The van der Waals surface area contributed by atoms with E-state index >= 15 is 0 Å². The molecule has 25 heavy (non-hydrogen) atoms. The highest BCUT2D eigenvalue weighted by Gasteiger charge is 2.21. The molecule has 0 saturated carbocycles. The van der Waals surface area contributed by atoms with Crippen LogP contribution >= 0.6 is 11.3 Å². The lowest BCUT2D eigenvalue weighted by molar-refractivity contribution is 0.0383. The van der Waals surface area contributed by atoms with Crippen molar-refractivity contribution in [3.8, 4) is 0 Å².